The van der Waals surface area contributed by atoms with Gasteiger partial charge in [0.05, 0.1) is 17.9 Å². The topological polar surface area (TPSA) is 87.8 Å². The molecular weight excluding hydrogens is 273 g/mol. The normalized spacial score (nSPS) is 18.3. The van der Waals surface area contributed by atoms with Crippen molar-refractivity contribution < 1.29 is 19.1 Å². The molecular formula is C13H16BN3O4. The van der Waals surface area contributed by atoms with E-state index < -0.39 is 13.1 Å². The van der Waals surface area contributed by atoms with Crippen molar-refractivity contribution in [1.82, 2.24) is 10.4 Å². The number of fused-ring (bicyclic) bond motifs is 1. The first-order chi connectivity index (χ1) is 10.0. The van der Waals surface area contributed by atoms with Gasteiger partial charge in [-0.25, -0.2) is 4.79 Å². The molecule has 1 atom stereocenters. The molecule has 0 bridgehead atoms. The first-order valence-electron chi connectivity index (χ1n) is 6.80. The molecule has 7 nitrogen and oxygen atoms in total. The Hall–Kier alpha value is -2.06. The summed E-state index contributed by atoms with van der Waals surface area (Å²) in [6, 6.07) is 5.50. The van der Waals surface area contributed by atoms with Crippen LogP contribution in [0.3, 0.4) is 0 Å². The van der Waals surface area contributed by atoms with E-state index in [0.29, 0.717) is 24.4 Å². The number of hydrogen-bond acceptors (Lipinski definition) is 6. The van der Waals surface area contributed by atoms with Gasteiger partial charge < -0.3 is 19.5 Å². The highest BCUT2D eigenvalue weighted by atomic mass is 16.6. The standard InChI is InChI=1S/C13H16BN3O4/c1-8-11-4-3-9(5-12(11)21-16-8)17-7-10(20-13(17)18)6-15-14(2)19/h3-5,10,15,19H,6-7H2,1-2H3/t10-/m0/s1. The van der Waals surface area contributed by atoms with Gasteiger partial charge in [0, 0.05) is 18.0 Å². The molecule has 2 heterocycles. The van der Waals surface area contributed by atoms with Crippen molar-refractivity contribution in [1.29, 1.82) is 0 Å². The van der Waals surface area contributed by atoms with Crippen LogP contribution in [-0.2, 0) is 4.74 Å². The number of hydrogen-bond donors (Lipinski definition) is 2. The lowest BCUT2D eigenvalue weighted by Crippen LogP contribution is -2.38. The SMILES string of the molecule is CB(O)NC[C@H]1CN(c2ccc3c(C)noc3c2)C(=O)O1. The van der Waals surface area contributed by atoms with Crippen molar-refractivity contribution in [3.63, 3.8) is 0 Å². The van der Waals surface area contributed by atoms with Crippen LogP contribution in [0.2, 0.25) is 6.82 Å². The highest BCUT2D eigenvalue weighted by Gasteiger charge is 2.32. The van der Waals surface area contributed by atoms with Crippen LogP contribution in [0.25, 0.3) is 11.0 Å². The molecule has 0 spiro atoms. The fraction of sp³-hybridized carbons (Fsp3) is 0.385. The summed E-state index contributed by atoms with van der Waals surface area (Å²) < 4.78 is 10.5. The van der Waals surface area contributed by atoms with Crippen LogP contribution in [0, 0.1) is 6.92 Å². The quantitative estimate of drug-likeness (QED) is 0.821. The Balaban J connectivity index is 1.77. The number of ether oxygens (including phenoxy) is 1. The largest absolute Gasteiger partial charge is 0.443 e. The summed E-state index contributed by atoms with van der Waals surface area (Å²) in [6.45, 7) is 4.32. The number of aromatic nitrogens is 1. The van der Waals surface area contributed by atoms with Gasteiger partial charge in [0.1, 0.15) is 6.10 Å². The number of nitrogens with one attached hydrogen (secondary N) is 1. The molecule has 1 aliphatic heterocycles. The third kappa shape index (κ3) is 2.72. The predicted octanol–water partition coefficient (Wildman–Crippen LogP) is 1.16. The summed E-state index contributed by atoms with van der Waals surface area (Å²) in [5, 5.41) is 16.9. The van der Waals surface area contributed by atoms with Gasteiger partial charge in [-0.2, -0.15) is 0 Å². The zero-order valence-electron chi connectivity index (χ0n) is 11.9. The Morgan fingerprint density at radius 1 is 1.57 bits per heavy atom. The third-order valence-corrected chi connectivity index (χ3v) is 3.46. The number of cyclic esters (lactones) is 1. The van der Waals surface area contributed by atoms with Crippen molar-refractivity contribution in [2.24, 2.45) is 0 Å². The second-order valence-electron chi connectivity index (χ2n) is 5.15. The number of carbonyl (C=O) groups is 1. The van der Waals surface area contributed by atoms with E-state index in [4.69, 9.17) is 9.26 Å². The number of carbonyl (C=O) groups excluding carboxylic acids is 1. The van der Waals surface area contributed by atoms with E-state index in [0.717, 1.165) is 11.1 Å². The first-order valence-corrected chi connectivity index (χ1v) is 6.80. The van der Waals surface area contributed by atoms with Crippen LogP contribution in [0.1, 0.15) is 5.69 Å². The molecule has 1 saturated heterocycles. The summed E-state index contributed by atoms with van der Waals surface area (Å²) in [5.74, 6) is 0. The molecule has 1 aromatic carbocycles. The lowest BCUT2D eigenvalue weighted by Gasteiger charge is -2.13. The van der Waals surface area contributed by atoms with E-state index in [1.807, 2.05) is 19.1 Å². The average Bonchev–Trinajstić information content (AvgIpc) is 3.00. The van der Waals surface area contributed by atoms with E-state index in [1.165, 1.54) is 0 Å². The van der Waals surface area contributed by atoms with Crippen molar-refractivity contribution in [2.45, 2.75) is 19.9 Å². The molecule has 0 unspecified atom stereocenters. The van der Waals surface area contributed by atoms with E-state index in [1.54, 1.807) is 17.8 Å². The van der Waals surface area contributed by atoms with Crippen molar-refractivity contribution in [3.8, 4) is 0 Å². The highest BCUT2D eigenvalue weighted by Crippen LogP contribution is 2.27. The lowest BCUT2D eigenvalue weighted by atomic mass is 9.89. The summed E-state index contributed by atoms with van der Waals surface area (Å²) in [5.41, 5.74) is 2.17. The fourth-order valence-corrected chi connectivity index (χ4v) is 2.36. The molecule has 1 aromatic heterocycles. The maximum atomic E-state index is 11.9. The molecule has 2 aromatic rings. The van der Waals surface area contributed by atoms with E-state index >= 15 is 0 Å². The van der Waals surface area contributed by atoms with Gasteiger partial charge in [0.25, 0.3) is 0 Å². The zero-order valence-corrected chi connectivity index (χ0v) is 11.9. The maximum Gasteiger partial charge on any atom is 0.414 e. The summed E-state index contributed by atoms with van der Waals surface area (Å²) in [7, 11) is -0.633. The van der Waals surface area contributed by atoms with Gasteiger partial charge in [-0.15, -0.1) is 0 Å². The third-order valence-electron chi connectivity index (χ3n) is 3.46. The second-order valence-corrected chi connectivity index (χ2v) is 5.15. The van der Waals surface area contributed by atoms with Crippen molar-refractivity contribution in [2.75, 3.05) is 18.0 Å². The molecule has 1 aliphatic rings. The smallest absolute Gasteiger partial charge is 0.414 e. The van der Waals surface area contributed by atoms with Gasteiger partial charge in [-0.1, -0.05) is 5.16 Å². The molecule has 2 N–H and O–H groups in total. The maximum absolute atomic E-state index is 11.9. The molecule has 1 amide bonds. The van der Waals surface area contributed by atoms with Crippen LogP contribution < -0.4 is 10.1 Å². The van der Waals surface area contributed by atoms with Crippen LogP contribution >= 0.6 is 0 Å². The van der Waals surface area contributed by atoms with E-state index in [2.05, 4.69) is 10.4 Å². The molecule has 110 valence electrons. The molecule has 0 radical (unpaired) electrons. The number of anilines is 1. The highest BCUT2D eigenvalue weighted by molar-refractivity contribution is 6.45. The monoisotopic (exact) mass is 289 g/mol. The number of amides is 1. The van der Waals surface area contributed by atoms with Crippen molar-refractivity contribution in [3.05, 3.63) is 23.9 Å². The fourth-order valence-electron chi connectivity index (χ4n) is 2.36. The Labute approximate surface area is 122 Å². The molecule has 8 heteroatoms. The molecule has 0 saturated carbocycles. The van der Waals surface area contributed by atoms with Crippen LogP contribution in [0.5, 0.6) is 0 Å². The number of nitrogens with zero attached hydrogens (tertiary/aromatic N) is 2. The average molecular weight is 289 g/mol. The van der Waals surface area contributed by atoms with E-state index in [-0.39, 0.29) is 6.10 Å². The molecule has 3 rings (SSSR count). The minimum absolute atomic E-state index is 0.292. The lowest BCUT2D eigenvalue weighted by molar-refractivity contribution is 0.142. The molecule has 0 aliphatic carbocycles. The Kier molecular flexibility index (Phi) is 3.56. The summed E-state index contributed by atoms with van der Waals surface area (Å²) in [4.78, 5) is 13.5. The number of rotatable bonds is 4. The van der Waals surface area contributed by atoms with Gasteiger partial charge in [-0.05, 0) is 25.9 Å². The number of aryl methyl sites for hydroxylation is 1. The summed E-state index contributed by atoms with van der Waals surface area (Å²) >= 11 is 0. The Morgan fingerprint density at radius 2 is 2.38 bits per heavy atom. The van der Waals surface area contributed by atoms with Crippen LogP contribution in [0.4, 0.5) is 10.5 Å². The summed E-state index contributed by atoms with van der Waals surface area (Å²) in [6.07, 6.45) is -0.692. The minimum Gasteiger partial charge on any atom is -0.443 e. The second kappa shape index (κ2) is 5.38. The number of benzene rings is 1. The molecule has 1 fully saturated rings. The van der Waals surface area contributed by atoms with Gasteiger partial charge >= 0.3 is 13.1 Å². The van der Waals surface area contributed by atoms with Gasteiger partial charge in [0.15, 0.2) is 5.58 Å². The zero-order chi connectivity index (χ0) is 15.0. The van der Waals surface area contributed by atoms with Crippen LogP contribution in [0.15, 0.2) is 22.7 Å². The Bertz CT molecular complexity index is 672. The van der Waals surface area contributed by atoms with Gasteiger partial charge in [0.2, 0.25) is 0 Å². The predicted molar refractivity (Wildman–Crippen MR) is 78.2 cm³/mol. The van der Waals surface area contributed by atoms with Crippen molar-refractivity contribution >= 4 is 29.8 Å². The Morgan fingerprint density at radius 3 is 3.14 bits per heavy atom. The van der Waals surface area contributed by atoms with Crippen LogP contribution in [-0.4, -0.2) is 42.5 Å². The molecule has 21 heavy (non-hydrogen) atoms. The minimum atomic E-state index is -0.633. The van der Waals surface area contributed by atoms with Gasteiger partial charge in [-0.3, -0.25) is 4.90 Å². The first kappa shape index (κ1) is 13.9. The van der Waals surface area contributed by atoms with E-state index in [9.17, 15) is 9.82 Å².